The highest BCUT2D eigenvalue weighted by molar-refractivity contribution is 9.18. The molecule has 2 aliphatic heterocycles. The van der Waals surface area contributed by atoms with Crippen molar-refractivity contribution in [3.05, 3.63) is 30.1 Å². The minimum absolute atomic E-state index is 0.0891. The van der Waals surface area contributed by atoms with Gasteiger partial charge in [0.15, 0.2) is 6.10 Å². The molecule has 1 aromatic rings. The fourth-order valence-corrected chi connectivity index (χ4v) is 3.24. The monoisotopic (exact) mass is 410 g/mol. The summed E-state index contributed by atoms with van der Waals surface area (Å²) in [6, 6.07) is 4.89. The Kier molecular flexibility index (Phi) is 5.85. The molecule has 0 spiro atoms. The summed E-state index contributed by atoms with van der Waals surface area (Å²) < 4.78 is 6.01. The summed E-state index contributed by atoms with van der Waals surface area (Å²) in [5, 5.41) is 6.61. The van der Waals surface area contributed by atoms with Crippen molar-refractivity contribution in [3.63, 3.8) is 0 Å². The van der Waals surface area contributed by atoms with Crippen LogP contribution < -0.4 is 5.32 Å². The van der Waals surface area contributed by atoms with E-state index in [4.69, 9.17) is 9.57 Å². The number of hydrogen-bond acceptors (Lipinski definition) is 6. The maximum atomic E-state index is 12.4. The summed E-state index contributed by atoms with van der Waals surface area (Å²) in [6.07, 6.45) is 2.99. The van der Waals surface area contributed by atoms with E-state index in [-0.39, 0.29) is 18.6 Å². The van der Waals surface area contributed by atoms with Gasteiger partial charge in [-0.25, -0.2) is 4.79 Å². The maximum absolute atomic E-state index is 12.4. The minimum atomic E-state index is -0.512. The van der Waals surface area contributed by atoms with Crippen LogP contribution in [0.3, 0.4) is 0 Å². The van der Waals surface area contributed by atoms with Crippen molar-refractivity contribution in [2.24, 2.45) is 5.16 Å². The Morgan fingerprint density at radius 1 is 1.44 bits per heavy atom. The van der Waals surface area contributed by atoms with Crippen molar-refractivity contribution >= 4 is 32.6 Å². The van der Waals surface area contributed by atoms with E-state index in [1.165, 1.54) is 4.90 Å². The van der Waals surface area contributed by atoms with Gasteiger partial charge < -0.3 is 14.9 Å². The Hall–Kier alpha value is -2.16. The Morgan fingerprint density at radius 2 is 2.32 bits per heavy atom. The lowest BCUT2D eigenvalue weighted by atomic mass is 10.2. The number of likely N-dealkylation sites (tertiary alicyclic amines) is 1. The molecule has 0 aliphatic carbocycles. The van der Waals surface area contributed by atoms with Crippen molar-refractivity contribution in [2.45, 2.75) is 38.0 Å². The number of pyridine rings is 1. The van der Waals surface area contributed by atoms with Gasteiger partial charge in [-0.1, -0.05) is 11.2 Å². The summed E-state index contributed by atoms with van der Waals surface area (Å²) in [7, 11) is 0. The predicted octanol–water partition coefficient (Wildman–Crippen LogP) is 1.80. The highest BCUT2D eigenvalue weighted by atomic mass is 79.9. The normalized spacial score (nSPS) is 22.3. The second kappa shape index (κ2) is 8.28. The highest BCUT2D eigenvalue weighted by Gasteiger charge is 2.35. The second-order valence-electron chi connectivity index (χ2n) is 5.87. The molecular weight excluding hydrogens is 392 g/mol. The van der Waals surface area contributed by atoms with Crippen molar-refractivity contribution < 1.29 is 19.2 Å². The summed E-state index contributed by atoms with van der Waals surface area (Å²) in [5.74, 6) is -0.195. The van der Waals surface area contributed by atoms with Crippen molar-refractivity contribution in [2.75, 3.05) is 13.1 Å². The van der Waals surface area contributed by atoms with E-state index in [1.54, 1.807) is 18.3 Å². The molecule has 2 atom stereocenters. The number of oxime groups is 1. The zero-order valence-electron chi connectivity index (χ0n) is 13.6. The van der Waals surface area contributed by atoms with E-state index in [1.807, 2.05) is 6.07 Å². The molecule has 8 nitrogen and oxygen atoms in total. The molecule has 1 N–H and O–H groups in total. The largest absolute Gasteiger partial charge is 0.443 e. The topological polar surface area (TPSA) is 93.1 Å². The first-order valence-electron chi connectivity index (χ1n) is 8.12. The lowest BCUT2D eigenvalue weighted by Gasteiger charge is -2.23. The third-order valence-corrected chi connectivity index (χ3v) is 4.53. The molecule has 2 aliphatic rings. The number of carbonyl (C=O) groups is 2. The molecule has 134 valence electrons. The zero-order chi connectivity index (χ0) is 17.6. The minimum Gasteiger partial charge on any atom is -0.443 e. The van der Waals surface area contributed by atoms with Crippen LogP contribution in [0.2, 0.25) is 0 Å². The van der Waals surface area contributed by atoms with Gasteiger partial charge in [-0.15, -0.1) is 0 Å². The molecule has 1 fully saturated rings. The SMILES string of the molecule is O=C(NCC1CC(Br)=NO1)C1CCCN1C(=O)OCc1ccccn1. The van der Waals surface area contributed by atoms with Gasteiger partial charge in [0.2, 0.25) is 5.91 Å². The molecule has 2 amide bonds. The summed E-state index contributed by atoms with van der Waals surface area (Å²) in [4.78, 5) is 35.4. The fourth-order valence-electron chi connectivity index (χ4n) is 2.80. The first-order valence-corrected chi connectivity index (χ1v) is 8.92. The van der Waals surface area contributed by atoms with Crippen LogP contribution in [0.1, 0.15) is 25.0 Å². The second-order valence-corrected chi connectivity index (χ2v) is 6.79. The van der Waals surface area contributed by atoms with Crippen molar-refractivity contribution in [1.29, 1.82) is 0 Å². The third kappa shape index (κ3) is 4.68. The highest BCUT2D eigenvalue weighted by Crippen LogP contribution is 2.19. The van der Waals surface area contributed by atoms with Gasteiger partial charge >= 0.3 is 6.09 Å². The molecule has 1 saturated heterocycles. The molecule has 9 heteroatoms. The summed E-state index contributed by atoms with van der Waals surface area (Å²) in [6.45, 7) is 0.949. The van der Waals surface area contributed by atoms with Crippen LogP contribution in [-0.4, -0.2) is 51.7 Å². The van der Waals surface area contributed by atoms with Gasteiger partial charge in [0, 0.05) is 19.2 Å². The number of ether oxygens (including phenoxy) is 1. The first kappa shape index (κ1) is 17.7. The number of amides is 2. The number of halogens is 1. The standard InChI is InChI=1S/C16H19BrN4O4/c17-14-8-12(25-20-14)9-19-15(22)13-5-3-7-21(13)16(23)24-10-11-4-1-2-6-18-11/h1-2,4,6,12-13H,3,5,7-10H2,(H,19,22). The van der Waals surface area contributed by atoms with E-state index in [2.05, 4.69) is 31.4 Å². The predicted molar refractivity (Wildman–Crippen MR) is 93.0 cm³/mol. The van der Waals surface area contributed by atoms with Gasteiger partial charge in [-0.2, -0.15) is 0 Å². The maximum Gasteiger partial charge on any atom is 0.410 e. The van der Waals surface area contributed by atoms with E-state index in [9.17, 15) is 9.59 Å². The van der Waals surface area contributed by atoms with Crippen molar-refractivity contribution in [3.8, 4) is 0 Å². The number of nitrogens with zero attached hydrogens (tertiary/aromatic N) is 3. The van der Waals surface area contributed by atoms with E-state index in [0.29, 0.717) is 31.6 Å². The van der Waals surface area contributed by atoms with Crippen molar-refractivity contribution in [1.82, 2.24) is 15.2 Å². The van der Waals surface area contributed by atoms with Gasteiger partial charge in [-0.3, -0.25) is 14.7 Å². The molecule has 1 aromatic heterocycles. The van der Waals surface area contributed by atoms with Crippen LogP contribution in [0.4, 0.5) is 4.79 Å². The molecule has 0 saturated carbocycles. The third-order valence-electron chi connectivity index (χ3n) is 4.06. The van der Waals surface area contributed by atoms with Crippen LogP contribution >= 0.6 is 15.9 Å². The summed E-state index contributed by atoms with van der Waals surface area (Å²) in [5.41, 5.74) is 0.667. The molecule has 0 bridgehead atoms. The van der Waals surface area contributed by atoms with E-state index in [0.717, 1.165) is 11.0 Å². The number of rotatable bonds is 5. The van der Waals surface area contributed by atoms with Crippen LogP contribution in [0.15, 0.2) is 29.6 Å². The molecular formula is C16H19BrN4O4. The number of aromatic nitrogens is 1. The van der Waals surface area contributed by atoms with Gasteiger partial charge in [0.05, 0.1) is 12.2 Å². The molecule has 3 heterocycles. The fraction of sp³-hybridized carbons (Fsp3) is 0.500. The Labute approximate surface area is 153 Å². The zero-order valence-corrected chi connectivity index (χ0v) is 15.1. The summed E-state index contributed by atoms with van der Waals surface area (Å²) >= 11 is 3.25. The quantitative estimate of drug-likeness (QED) is 0.798. The smallest absolute Gasteiger partial charge is 0.410 e. The first-order chi connectivity index (χ1) is 12.1. The van der Waals surface area contributed by atoms with Gasteiger partial charge in [0.1, 0.15) is 17.3 Å². The molecule has 25 heavy (non-hydrogen) atoms. The molecule has 0 radical (unpaired) electrons. The van der Waals surface area contributed by atoms with Gasteiger partial charge in [0.25, 0.3) is 0 Å². The van der Waals surface area contributed by atoms with Crippen LogP contribution in [0.25, 0.3) is 0 Å². The average molecular weight is 411 g/mol. The van der Waals surface area contributed by atoms with Crippen LogP contribution in [0, 0.1) is 0 Å². The van der Waals surface area contributed by atoms with E-state index < -0.39 is 12.1 Å². The Morgan fingerprint density at radius 3 is 3.04 bits per heavy atom. The Balaban J connectivity index is 1.47. The van der Waals surface area contributed by atoms with Crippen LogP contribution in [-0.2, 0) is 21.0 Å². The number of hydrogen-bond donors (Lipinski definition) is 1. The molecule has 2 unspecified atom stereocenters. The molecule has 3 rings (SSSR count). The number of carbonyl (C=O) groups excluding carboxylic acids is 2. The molecule has 0 aromatic carbocycles. The van der Waals surface area contributed by atoms with E-state index >= 15 is 0 Å². The lowest BCUT2D eigenvalue weighted by molar-refractivity contribution is -0.125. The Bertz CT molecular complexity index is 655. The van der Waals surface area contributed by atoms with Gasteiger partial charge in [-0.05, 0) is 40.9 Å². The average Bonchev–Trinajstić information content (AvgIpc) is 3.27. The number of nitrogens with one attached hydrogen (secondary N) is 1. The lowest BCUT2D eigenvalue weighted by Crippen LogP contribution is -2.47. The van der Waals surface area contributed by atoms with Crippen LogP contribution in [0.5, 0.6) is 0 Å².